The second-order valence-electron chi connectivity index (χ2n) is 11.0. The summed E-state index contributed by atoms with van der Waals surface area (Å²) in [6, 6.07) is 0. The van der Waals surface area contributed by atoms with Gasteiger partial charge in [-0.15, -0.1) is 0 Å². The summed E-state index contributed by atoms with van der Waals surface area (Å²) in [7, 11) is 0. The van der Waals surface area contributed by atoms with Crippen molar-refractivity contribution in [1.82, 2.24) is 0 Å². The number of hydrogen-bond acceptors (Lipinski definition) is 9. The van der Waals surface area contributed by atoms with Gasteiger partial charge in [-0.25, -0.2) is 14.4 Å². The summed E-state index contributed by atoms with van der Waals surface area (Å²) in [6.07, 6.45) is 7.11. The number of rotatable bonds is 0. The van der Waals surface area contributed by atoms with Crippen LogP contribution in [0, 0.1) is 16.7 Å². The lowest BCUT2D eigenvalue weighted by Gasteiger charge is -2.58. The fourth-order valence-corrected chi connectivity index (χ4v) is 6.65. The van der Waals surface area contributed by atoms with Crippen molar-refractivity contribution in [2.24, 2.45) is 16.7 Å². The van der Waals surface area contributed by atoms with Crippen LogP contribution in [0.25, 0.3) is 0 Å². The summed E-state index contributed by atoms with van der Waals surface area (Å²) in [5, 5.41) is 10.6. The normalized spacial score (nSPS) is 46.8. The molecule has 0 aromatic rings. The van der Waals surface area contributed by atoms with Crippen molar-refractivity contribution in [2.75, 3.05) is 19.8 Å². The lowest BCUT2D eigenvalue weighted by Crippen LogP contribution is -2.66. The fourth-order valence-electron chi connectivity index (χ4n) is 6.65. The molecule has 2 spiro atoms. The number of aliphatic hydroxyl groups excluding tert-OH is 1. The summed E-state index contributed by atoms with van der Waals surface area (Å²) in [4.78, 5) is 37.6. The molecule has 5 aliphatic rings. The van der Waals surface area contributed by atoms with E-state index in [4.69, 9.17) is 23.7 Å². The molecule has 196 valence electrons. The number of cyclic esters (lactones) is 2. The molecule has 2 saturated heterocycles. The number of aliphatic hydroxyl groups is 1. The average molecular weight is 503 g/mol. The van der Waals surface area contributed by atoms with Crippen LogP contribution < -0.4 is 0 Å². The van der Waals surface area contributed by atoms with Crippen LogP contribution in [0.3, 0.4) is 0 Å². The third-order valence-corrected chi connectivity index (χ3v) is 9.12. The van der Waals surface area contributed by atoms with Crippen LogP contribution in [0.4, 0.5) is 0 Å². The molecule has 0 radical (unpaired) electrons. The van der Waals surface area contributed by atoms with Crippen LogP contribution >= 0.6 is 0 Å². The summed E-state index contributed by atoms with van der Waals surface area (Å²) in [6.45, 7) is 6.34. The maximum atomic E-state index is 12.9. The number of ether oxygens (including phenoxy) is 5. The molecule has 36 heavy (non-hydrogen) atoms. The Hall–Kier alpha value is -2.49. The maximum Gasteiger partial charge on any atom is 0.335 e. The molecule has 3 aliphatic heterocycles. The standard InChI is InChI=1S/C27H34O9/c1-16-8-10-26-14-33-24(31)23(30)17(2)9-11-32-21(28)6-4-5-7-22(29)36-18-13-20(35-19(26)12-16)27(15-34-27)25(18,26)3/h4-7,12,17-20,23,30H,8-11,13-15H2,1-3H3/b6-4+,7-5+/t17-,18-,19+,20-,23-,25+,26+,27-/m1/s1. The highest BCUT2D eigenvalue weighted by molar-refractivity contribution is 5.84. The zero-order chi connectivity index (χ0) is 25.7. The van der Waals surface area contributed by atoms with Crippen molar-refractivity contribution in [3.63, 3.8) is 0 Å². The fraction of sp³-hybridized carbons (Fsp3) is 0.667. The van der Waals surface area contributed by atoms with Crippen LogP contribution in [-0.2, 0) is 38.1 Å². The quantitative estimate of drug-likeness (QED) is 0.230. The average Bonchev–Trinajstić information content (AvgIpc) is 3.62. The molecular formula is C27H34O9. The minimum atomic E-state index is -1.37. The van der Waals surface area contributed by atoms with Crippen LogP contribution in [0.15, 0.2) is 36.0 Å². The van der Waals surface area contributed by atoms with Crippen molar-refractivity contribution in [1.29, 1.82) is 0 Å². The molecule has 3 heterocycles. The molecule has 2 bridgehead atoms. The highest BCUT2D eigenvalue weighted by atomic mass is 16.6. The Balaban J connectivity index is 1.52. The molecular weight excluding hydrogens is 468 g/mol. The van der Waals surface area contributed by atoms with Gasteiger partial charge in [0, 0.05) is 24.0 Å². The summed E-state index contributed by atoms with van der Waals surface area (Å²) < 4.78 is 29.6. The van der Waals surface area contributed by atoms with E-state index in [1.165, 1.54) is 29.9 Å². The third kappa shape index (κ3) is 3.83. The highest BCUT2D eigenvalue weighted by Crippen LogP contribution is 2.72. The minimum absolute atomic E-state index is 0.00000344. The molecule has 8 atom stereocenters. The first-order valence-corrected chi connectivity index (χ1v) is 12.7. The first-order chi connectivity index (χ1) is 17.1. The van der Waals surface area contributed by atoms with Gasteiger partial charge in [-0.1, -0.05) is 37.6 Å². The second kappa shape index (κ2) is 9.11. The number of epoxide rings is 1. The van der Waals surface area contributed by atoms with Crippen molar-refractivity contribution < 1.29 is 43.2 Å². The van der Waals surface area contributed by atoms with Gasteiger partial charge in [0.05, 0.1) is 30.8 Å². The Morgan fingerprint density at radius 1 is 1.03 bits per heavy atom. The lowest BCUT2D eigenvalue weighted by molar-refractivity contribution is -0.234. The van der Waals surface area contributed by atoms with Gasteiger partial charge in [0.25, 0.3) is 0 Å². The first kappa shape index (κ1) is 25.2. The maximum absolute atomic E-state index is 12.9. The highest BCUT2D eigenvalue weighted by Gasteiger charge is 2.83. The molecule has 3 fully saturated rings. The topological polar surface area (TPSA) is 121 Å². The van der Waals surface area contributed by atoms with Gasteiger partial charge >= 0.3 is 17.9 Å². The predicted molar refractivity (Wildman–Crippen MR) is 125 cm³/mol. The van der Waals surface area contributed by atoms with Gasteiger partial charge in [0.15, 0.2) is 6.10 Å². The minimum Gasteiger partial charge on any atom is -0.463 e. The van der Waals surface area contributed by atoms with Crippen molar-refractivity contribution in [2.45, 2.75) is 76.5 Å². The van der Waals surface area contributed by atoms with Crippen LogP contribution in [0.2, 0.25) is 0 Å². The predicted octanol–water partition coefficient (Wildman–Crippen LogP) is 2.17. The Labute approximate surface area is 210 Å². The number of allylic oxidation sites excluding steroid dienone is 3. The van der Waals surface area contributed by atoms with Crippen LogP contribution in [0.1, 0.15) is 46.5 Å². The molecule has 0 aromatic heterocycles. The molecule has 0 aromatic carbocycles. The number of carbonyl (C=O) groups is 3. The van der Waals surface area contributed by atoms with Gasteiger partial charge in [0.2, 0.25) is 0 Å². The number of hydrogen-bond donors (Lipinski definition) is 1. The number of carbonyl (C=O) groups excluding carboxylic acids is 3. The zero-order valence-corrected chi connectivity index (χ0v) is 20.9. The number of esters is 3. The Morgan fingerprint density at radius 3 is 2.47 bits per heavy atom. The van der Waals surface area contributed by atoms with Gasteiger partial charge < -0.3 is 28.8 Å². The van der Waals surface area contributed by atoms with Gasteiger partial charge in [-0.2, -0.15) is 0 Å². The molecule has 9 nitrogen and oxygen atoms in total. The van der Waals surface area contributed by atoms with E-state index < -0.39 is 52.5 Å². The first-order valence-electron chi connectivity index (χ1n) is 12.7. The van der Waals surface area contributed by atoms with E-state index >= 15 is 0 Å². The largest absolute Gasteiger partial charge is 0.463 e. The summed E-state index contributed by atoms with van der Waals surface area (Å²) >= 11 is 0. The van der Waals surface area contributed by atoms with Crippen LogP contribution in [-0.4, -0.2) is 72.9 Å². The van der Waals surface area contributed by atoms with Gasteiger partial charge in [-0.3, -0.25) is 0 Å². The molecule has 5 rings (SSSR count). The Morgan fingerprint density at radius 2 is 1.75 bits per heavy atom. The van der Waals surface area contributed by atoms with E-state index in [2.05, 4.69) is 19.9 Å². The van der Waals surface area contributed by atoms with Gasteiger partial charge in [-0.05, 0) is 32.1 Å². The second-order valence-corrected chi connectivity index (χ2v) is 11.0. The van der Waals surface area contributed by atoms with E-state index in [-0.39, 0.29) is 31.8 Å². The molecule has 0 unspecified atom stereocenters. The lowest BCUT2D eigenvalue weighted by atomic mass is 9.51. The van der Waals surface area contributed by atoms with E-state index in [0.29, 0.717) is 19.4 Å². The molecule has 9 heteroatoms. The Kier molecular flexibility index (Phi) is 6.37. The zero-order valence-electron chi connectivity index (χ0n) is 20.9. The monoisotopic (exact) mass is 502 g/mol. The van der Waals surface area contributed by atoms with E-state index in [9.17, 15) is 19.5 Å². The third-order valence-electron chi connectivity index (χ3n) is 9.12. The smallest absolute Gasteiger partial charge is 0.335 e. The molecule has 1 saturated carbocycles. The van der Waals surface area contributed by atoms with Gasteiger partial charge in [0.1, 0.15) is 18.3 Å². The molecule has 2 aliphatic carbocycles. The van der Waals surface area contributed by atoms with E-state index in [0.717, 1.165) is 6.42 Å². The summed E-state index contributed by atoms with van der Waals surface area (Å²) in [5.74, 6) is -2.34. The summed E-state index contributed by atoms with van der Waals surface area (Å²) in [5.41, 5.74) is -0.820. The Bertz CT molecular complexity index is 1020. The van der Waals surface area contributed by atoms with E-state index in [1.54, 1.807) is 6.92 Å². The molecule has 0 amide bonds. The molecule has 1 N–H and O–H groups in total. The van der Waals surface area contributed by atoms with Crippen LogP contribution in [0.5, 0.6) is 0 Å². The SMILES string of the molecule is CC1=C[C@@H]2O[C@@H]3C[C@H]4OC(=O)/C=C/C=C/C(=O)OCC[C@@H](C)[C@@H](O)C(=O)OC[C@]2(CC1)[C@@]4(C)[C@@]31CO1. The van der Waals surface area contributed by atoms with Crippen molar-refractivity contribution in [3.05, 3.63) is 36.0 Å². The van der Waals surface area contributed by atoms with E-state index in [1.807, 2.05) is 0 Å². The van der Waals surface area contributed by atoms with Crippen molar-refractivity contribution in [3.8, 4) is 0 Å². The van der Waals surface area contributed by atoms with Crippen molar-refractivity contribution >= 4 is 17.9 Å².